The minimum Gasteiger partial charge on any atom is -0.462 e. The first-order valence-electron chi connectivity index (χ1n) is 26.2. The molecule has 0 aromatic carbocycles. The second kappa shape index (κ2) is 45.9. The number of hydrogen-bond donors (Lipinski definition) is 0. The van der Waals surface area contributed by atoms with Crippen LogP contribution >= 0.6 is 0 Å². The van der Waals surface area contributed by atoms with Gasteiger partial charge in [-0.3, -0.25) is 14.4 Å². The van der Waals surface area contributed by atoms with Crippen LogP contribution in [0.3, 0.4) is 0 Å². The van der Waals surface area contributed by atoms with Crippen LogP contribution in [0, 0.1) is 11.8 Å². The van der Waals surface area contributed by atoms with Crippen molar-refractivity contribution in [3.63, 3.8) is 0 Å². The van der Waals surface area contributed by atoms with E-state index in [0.717, 1.165) is 69.6 Å². The van der Waals surface area contributed by atoms with Gasteiger partial charge in [0.05, 0.1) is 0 Å². The van der Waals surface area contributed by atoms with Crippen LogP contribution in [0.2, 0.25) is 0 Å². The maximum absolute atomic E-state index is 12.7. The highest BCUT2D eigenvalue weighted by atomic mass is 16.6. The lowest BCUT2D eigenvalue weighted by molar-refractivity contribution is -0.167. The Hall–Kier alpha value is -1.59. The lowest BCUT2D eigenvalue weighted by atomic mass is 10.0. The molecule has 0 aromatic heterocycles. The van der Waals surface area contributed by atoms with E-state index in [2.05, 4.69) is 34.6 Å². The third kappa shape index (κ3) is 47.3. The number of ether oxygens (including phenoxy) is 3. The summed E-state index contributed by atoms with van der Waals surface area (Å²) in [6.07, 6.45) is 46.8. The third-order valence-electron chi connectivity index (χ3n) is 12.0. The number of unbranched alkanes of at least 4 members (excludes halogenated alkanes) is 32. The molecule has 0 heterocycles. The summed E-state index contributed by atoms with van der Waals surface area (Å²) < 4.78 is 16.8. The molecule has 0 fully saturated rings. The molecule has 6 heteroatoms. The molecule has 59 heavy (non-hydrogen) atoms. The fourth-order valence-electron chi connectivity index (χ4n) is 7.99. The molecule has 0 N–H and O–H groups in total. The highest BCUT2D eigenvalue weighted by Crippen LogP contribution is 2.17. The summed E-state index contributed by atoms with van der Waals surface area (Å²) in [7, 11) is 0. The number of carbonyl (C=O) groups excluding carboxylic acids is 3. The Labute approximate surface area is 368 Å². The van der Waals surface area contributed by atoms with E-state index < -0.39 is 6.10 Å². The number of esters is 3. The zero-order valence-electron chi connectivity index (χ0n) is 40.4. The molecule has 0 amide bonds. The molecule has 0 saturated carbocycles. The van der Waals surface area contributed by atoms with Gasteiger partial charge in [0, 0.05) is 19.3 Å². The van der Waals surface area contributed by atoms with Gasteiger partial charge < -0.3 is 14.2 Å². The van der Waals surface area contributed by atoms with Gasteiger partial charge in [0.1, 0.15) is 13.2 Å². The van der Waals surface area contributed by atoms with Gasteiger partial charge in [0.25, 0.3) is 0 Å². The standard InChI is InChI=1S/C53H102O6/c1-6-7-8-9-10-11-23-28-33-38-43-51(54)57-46-50(59-53(56)45-40-35-30-25-27-32-37-42-49(4)5)47-58-52(55)44-39-34-29-24-21-19-17-15-13-12-14-16-18-20-22-26-31-36-41-48(2)3/h48-50H,6-47H2,1-5H3/t50-/m1/s1. The maximum atomic E-state index is 12.7. The van der Waals surface area contributed by atoms with Crippen molar-refractivity contribution in [1.29, 1.82) is 0 Å². The number of hydrogen-bond acceptors (Lipinski definition) is 6. The smallest absolute Gasteiger partial charge is 0.306 e. The normalized spacial score (nSPS) is 12.1. The van der Waals surface area contributed by atoms with Gasteiger partial charge in [0.15, 0.2) is 6.10 Å². The minimum absolute atomic E-state index is 0.0643. The summed E-state index contributed by atoms with van der Waals surface area (Å²) in [6, 6.07) is 0. The van der Waals surface area contributed by atoms with Crippen molar-refractivity contribution in [2.45, 2.75) is 298 Å². The van der Waals surface area contributed by atoms with Crippen LogP contribution in [0.1, 0.15) is 291 Å². The summed E-state index contributed by atoms with van der Waals surface area (Å²) in [6.45, 7) is 11.3. The molecule has 350 valence electrons. The molecular formula is C53H102O6. The zero-order chi connectivity index (χ0) is 43.3. The van der Waals surface area contributed by atoms with Gasteiger partial charge in [-0.1, -0.05) is 253 Å². The van der Waals surface area contributed by atoms with Crippen molar-refractivity contribution < 1.29 is 28.6 Å². The van der Waals surface area contributed by atoms with E-state index in [9.17, 15) is 14.4 Å². The second-order valence-electron chi connectivity index (χ2n) is 19.1. The Bertz CT molecular complexity index is 900. The molecule has 6 nitrogen and oxygen atoms in total. The van der Waals surface area contributed by atoms with E-state index >= 15 is 0 Å². The van der Waals surface area contributed by atoms with Crippen LogP contribution in [0.25, 0.3) is 0 Å². The number of carbonyl (C=O) groups is 3. The fourth-order valence-corrected chi connectivity index (χ4v) is 7.99. The van der Waals surface area contributed by atoms with Gasteiger partial charge in [-0.05, 0) is 31.1 Å². The van der Waals surface area contributed by atoms with Gasteiger partial charge >= 0.3 is 17.9 Å². The van der Waals surface area contributed by atoms with Crippen LogP contribution in [-0.2, 0) is 28.6 Å². The quantitative estimate of drug-likeness (QED) is 0.0345. The van der Waals surface area contributed by atoms with Gasteiger partial charge in [-0.25, -0.2) is 0 Å². The van der Waals surface area contributed by atoms with Gasteiger partial charge in [0.2, 0.25) is 0 Å². The Morgan fingerprint density at radius 2 is 0.559 bits per heavy atom. The minimum atomic E-state index is -0.761. The van der Waals surface area contributed by atoms with E-state index in [1.165, 1.54) is 180 Å². The van der Waals surface area contributed by atoms with Crippen LogP contribution < -0.4 is 0 Å². The molecule has 0 unspecified atom stereocenters. The largest absolute Gasteiger partial charge is 0.462 e. The summed E-state index contributed by atoms with van der Waals surface area (Å²) in [5.41, 5.74) is 0. The van der Waals surface area contributed by atoms with Crippen molar-refractivity contribution in [3.05, 3.63) is 0 Å². The molecule has 0 aromatic rings. The predicted molar refractivity (Wildman–Crippen MR) is 252 cm³/mol. The van der Waals surface area contributed by atoms with Crippen molar-refractivity contribution in [1.82, 2.24) is 0 Å². The van der Waals surface area contributed by atoms with Crippen molar-refractivity contribution in [2.75, 3.05) is 13.2 Å². The summed E-state index contributed by atoms with van der Waals surface area (Å²) in [5, 5.41) is 0. The van der Waals surface area contributed by atoms with E-state index in [-0.39, 0.29) is 31.1 Å². The molecule has 0 bridgehead atoms. The van der Waals surface area contributed by atoms with Crippen molar-refractivity contribution >= 4 is 17.9 Å². The molecule has 0 rings (SSSR count). The summed E-state index contributed by atoms with van der Waals surface area (Å²) >= 11 is 0. The first-order chi connectivity index (χ1) is 28.7. The SMILES string of the molecule is CCCCCCCCCCCCC(=O)OC[C@H](COC(=O)CCCCCCCCCCCCCCCCCCCCC(C)C)OC(=O)CCCCCCCCCC(C)C. The highest BCUT2D eigenvalue weighted by molar-refractivity contribution is 5.71. The molecule has 0 aliphatic carbocycles. The van der Waals surface area contributed by atoms with Crippen molar-refractivity contribution in [2.24, 2.45) is 11.8 Å². The predicted octanol–water partition coefficient (Wildman–Crippen LogP) is 16.9. The molecular weight excluding hydrogens is 733 g/mol. The third-order valence-corrected chi connectivity index (χ3v) is 12.0. The lowest BCUT2D eigenvalue weighted by Crippen LogP contribution is -2.30. The summed E-state index contributed by atoms with van der Waals surface area (Å²) in [4.78, 5) is 37.8. The Kier molecular flexibility index (Phi) is 44.7. The average molecular weight is 835 g/mol. The first-order valence-corrected chi connectivity index (χ1v) is 26.2. The van der Waals surface area contributed by atoms with Gasteiger partial charge in [-0.15, -0.1) is 0 Å². The Morgan fingerprint density at radius 1 is 0.322 bits per heavy atom. The van der Waals surface area contributed by atoms with Gasteiger partial charge in [-0.2, -0.15) is 0 Å². The highest BCUT2D eigenvalue weighted by Gasteiger charge is 2.19. The van der Waals surface area contributed by atoms with Crippen LogP contribution in [0.5, 0.6) is 0 Å². The van der Waals surface area contributed by atoms with E-state index in [0.29, 0.717) is 19.3 Å². The van der Waals surface area contributed by atoms with Crippen LogP contribution in [0.4, 0.5) is 0 Å². The molecule has 0 aliphatic rings. The van der Waals surface area contributed by atoms with Crippen molar-refractivity contribution in [3.8, 4) is 0 Å². The first kappa shape index (κ1) is 57.4. The lowest BCUT2D eigenvalue weighted by Gasteiger charge is -2.18. The average Bonchev–Trinajstić information content (AvgIpc) is 3.20. The van der Waals surface area contributed by atoms with Crippen LogP contribution in [0.15, 0.2) is 0 Å². The molecule has 0 saturated heterocycles. The molecule has 1 atom stereocenters. The second-order valence-corrected chi connectivity index (χ2v) is 19.1. The molecule has 0 aliphatic heterocycles. The zero-order valence-corrected chi connectivity index (χ0v) is 40.4. The van der Waals surface area contributed by atoms with E-state index in [1.54, 1.807) is 0 Å². The maximum Gasteiger partial charge on any atom is 0.306 e. The summed E-state index contributed by atoms with van der Waals surface area (Å²) in [5.74, 6) is 0.784. The van der Waals surface area contributed by atoms with E-state index in [1.807, 2.05) is 0 Å². The molecule has 0 radical (unpaired) electrons. The van der Waals surface area contributed by atoms with Crippen LogP contribution in [-0.4, -0.2) is 37.2 Å². The Morgan fingerprint density at radius 3 is 0.831 bits per heavy atom. The number of rotatable bonds is 47. The molecule has 0 spiro atoms. The van der Waals surface area contributed by atoms with E-state index in [4.69, 9.17) is 14.2 Å². The topological polar surface area (TPSA) is 78.9 Å². The monoisotopic (exact) mass is 835 g/mol. The fraction of sp³-hybridized carbons (Fsp3) is 0.943. The Balaban J connectivity index is 4.16.